The van der Waals surface area contributed by atoms with E-state index >= 15 is 0 Å². The van der Waals surface area contributed by atoms with Gasteiger partial charge in [-0.3, -0.25) is 9.59 Å². The molecule has 1 aliphatic carbocycles. The molecule has 0 spiro atoms. The number of hydrogen-bond acceptors (Lipinski definition) is 4. The van der Waals surface area contributed by atoms with Gasteiger partial charge in [0.25, 0.3) is 0 Å². The summed E-state index contributed by atoms with van der Waals surface area (Å²) in [6.07, 6.45) is 0. The molecule has 1 aliphatic rings. The molecule has 4 N–H and O–H groups in total. The number of rotatable bonds is 6. The fraction of sp³-hybridized carbons (Fsp3) is 0.385. The van der Waals surface area contributed by atoms with Gasteiger partial charge >= 0.3 is 11.9 Å². The van der Waals surface area contributed by atoms with Crippen molar-refractivity contribution in [2.24, 2.45) is 23.5 Å². The third-order valence-electron chi connectivity index (χ3n) is 3.40. The third kappa shape index (κ3) is 3.08. The molecule has 0 radical (unpaired) electrons. The van der Waals surface area contributed by atoms with Crippen LogP contribution in [0, 0.1) is 17.8 Å². The molecule has 102 valence electrons. The first-order chi connectivity index (χ1) is 9.02. The molecule has 1 saturated carbocycles. The summed E-state index contributed by atoms with van der Waals surface area (Å²) >= 11 is 1.53. The Bertz CT molecular complexity index is 479. The van der Waals surface area contributed by atoms with Crippen LogP contribution in [0.1, 0.15) is 0 Å². The van der Waals surface area contributed by atoms with Crippen molar-refractivity contribution in [2.75, 3.05) is 5.75 Å². The standard InChI is InChI=1S/C13H15NO4S/c14-11(13(17)18)9-8(10(9)12(15)16)6-19-7-4-2-1-3-5-7/h1-5,8-11H,6,14H2,(H,15,16)(H,17,18). The number of carboxylic acids is 2. The summed E-state index contributed by atoms with van der Waals surface area (Å²) in [6, 6.07) is 8.51. The van der Waals surface area contributed by atoms with E-state index in [0.717, 1.165) is 4.90 Å². The molecule has 1 aromatic rings. The molecule has 5 nitrogen and oxygen atoms in total. The molecule has 1 fully saturated rings. The smallest absolute Gasteiger partial charge is 0.320 e. The van der Waals surface area contributed by atoms with Crippen molar-refractivity contribution in [3.8, 4) is 0 Å². The van der Waals surface area contributed by atoms with Crippen LogP contribution in [0.25, 0.3) is 0 Å². The van der Waals surface area contributed by atoms with Gasteiger partial charge in [0.1, 0.15) is 6.04 Å². The minimum atomic E-state index is -1.14. The number of carbonyl (C=O) groups is 2. The van der Waals surface area contributed by atoms with E-state index in [2.05, 4.69) is 0 Å². The molecule has 6 heteroatoms. The highest BCUT2D eigenvalue weighted by Crippen LogP contribution is 2.50. The third-order valence-corrected chi connectivity index (χ3v) is 4.56. The van der Waals surface area contributed by atoms with Crippen LogP contribution in [0.4, 0.5) is 0 Å². The van der Waals surface area contributed by atoms with E-state index in [9.17, 15) is 9.59 Å². The van der Waals surface area contributed by atoms with E-state index in [0.29, 0.717) is 5.75 Å². The summed E-state index contributed by atoms with van der Waals surface area (Å²) in [5, 5.41) is 17.9. The van der Waals surface area contributed by atoms with Crippen molar-refractivity contribution in [3.05, 3.63) is 30.3 Å². The van der Waals surface area contributed by atoms with Gasteiger partial charge in [-0.15, -0.1) is 11.8 Å². The monoisotopic (exact) mass is 281 g/mol. The summed E-state index contributed by atoms with van der Waals surface area (Å²) in [5.74, 6) is -2.79. The van der Waals surface area contributed by atoms with Gasteiger partial charge in [0, 0.05) is 16.6 Å². The lowest BCUT2D eigenvalue weighted by molar-refractivity contribution is -0.140. The molecule has 0 amide bonds. The molecular formula is C13H15NO4S. The Hall–Kier alpha value is -1.53. The summed E-state index contributed by atoms with van der Waals surface area (Å²) < 4.78 is 0. The Balaban J connectivity index is 1.96. The number of benzene rings is 1. The average Bonchev–Trinajstić information content (AvgIpc) is 3.11. The van der Waals surface area contributed by atoms with Crippen molar-refractivity contribution in [3.63, 3.8) is 0 Å². The van der Waals surface area contributed by atoms with Crippen molar-refractivity contribution in [2.45, 2.75) is 10.9 Å². The summed E-state index contributed by atoms with van der Waals surface area (Å²) in [5.41, 5.74) is 5.54. The Morgan fingerprint density at radius 3 is 2.42 bits per heavy atom. The summed E-state index contributed by atoms with van der Waals surface area (Å²) in [6.45, 7) is 0. The number of aliphatic carboxylic acids is 2. The van der Waals surface area contributed by atoms with Crippen molar-refractivity contribution in [1.29, 1.82) is 0 Å². The van der Waals surface area contributed by atoms with Crippen LogP contribution in [0.15, 0.2) is 35.2 Å². The van der Waals surface area contributed by atoms with Gasteiger partial charge in [0.05, 0.1) is 5.92 Å². The fourth-order valence-electron chi connectivity index (χ4n) is 2.33. The average molecular weight is 281 g/mol. The molecule has 4 unspecified atom stereocenters. The maximum absolute atomic E-state index is 11.1. The predicted molar refractivity (Wildman–Crippen MR) is 70.9 cm³/mol. The normalized spacial score (nSPS) is 26.7. The summed E-state index contributed by atoms with van der Waals surface area (Å²) in [7, 11) is 0. The van der Waals surface area contributed by atoms with Gasteiger partial charge in [-0.05, 0) is 18.1 Å². The SMILES string of the molecule is NC(C(=O)O)C1C(CSc2ccccc2)C1C(=O)O. The van der Waals surface area contributed by atoms with Crippen LogP contribution in [-0.4, -0.2) is 33.9 Å². The number of thioether (sulfide) groups is 1. The molecule has 19 heavy (non-hydrogen) atoms. The topological polar surface area (TPSA) is 101 Å². The highest BCUT2D eigenvalue weighted by atomic mass is 32.2. The Kier molecular flexibility index (Phi) is 4.11. The molecule has 0 bridgehead atoms. The van der Waals surface area contributed by atoms with Crippen LogP contribution >= 0.6 is 11.8 Å². The number of nitrogens with two attached hydrogens (primary N) is 1. The first-order valence-electron chi connectivity index (χ1n) is 5.91. The minimum Gasteiger partial charge on any atom is -0.481 e. The molecule has 4 atom stereocenters. The van der Waals surface area contributed by atoms with Gasteiger partial charge in [0.2, 0.25) is 0 Å². The maximum Gasteiger partial charge on any atom is 0.320 e. The largest absolute Gasteiger partial charge is 0.481 e. The van der Waals surface area contributed by atoms with Crippen LogP contribution in [0.2, 0.25) is 0 Å². The fourth-order valence-corrected chi connectivity index (χ4v) is 3.49. The highest BCUT2D eigenvalue weighted by Gasteiger charge is 2.59. The first-order valence-corrected chi connectivity index (χ1v) is 6.90. The van der Waals surface area contributed by atoms with Crippen molar-refractivity contribution < 1.29 is 19.8 Å². The van der Waals surface area contributed by atoms with Crippen LogP contribution in [-0.2, 0) is 9.59 Å². The van der Waals surface area contributed by atoms with Gasteiger partial charge in [-0.25, -0.2) is 0 Å². The Morgan fingerprint density at radius 2 is 1.89 bits per heavy atom. The van der Waals surface area contributed by atoms with E-state index in [1.807, 2.05) is 30.3 Å². The lowest BCUT2D eigenvalue weighted by atomic mass is 10.1. The maximum atomic E-state index is 11.1. The minimum absolute atomic E-state index is 0.172. The number of carboxylic acid groups (broad SMARTS) is 2. The zero-order valence-corrected chi connectivity index (χ0v) is 10.9. The van der Waals surface area contributed by atoms with E-state index in [1.54, 1.807) is 0 Å². The molecule has 1 aromatic carbocycles. The first kappa shape index (κ1) is 13.9. The Morgan fingerprint density at radius 1 is 1.26 bits per heavy atom. The highest BCUT2D eigenvalue weighted by molar-refractivity contribution is 7.99. The molecule has 0 aliphatic heterocycles. The zero-order chi connectivity index (χ0) is 14.0. The van der Waals surface area contributed by atoms with Crippen molar-refractivity contribution >= 4 is 23.7 Å². The van der Waals surface area contributed by atoms with Gasteiger partial charge in [0.15, 0.2) is 0 Å². The molecular weight excluding hydrogens is 266 g/mol. The molecule has 0 heterocycles. The lowest BCUT2D eigenvalue weighted by Crippen LogP contribution is -2.34. The van der Waals surface area contributed by atoms with E-state index in [1.165, 1.54) is 11.8 Å². The van der Waals surface area contributed by atoms with Crippen LogP contribution < -0.4 is 5.73 Å². The van der Waals surface area contributed by atoms with E-state index < -0.39 is 29.8 Å². The quantitative estimate of drug-likeness (QED) is 0.676. The molecule has 0 saturated heterocycles. The van der Waals surface area contributed by atoms with Gasteiger partial charge < -0.3 is 15.9 Å². The molecule has 0 aromatic heterocycles. The van der Waals surface area contributed by atoms with Crippen molar-refractivity contribution in [1.82, 2.24) is 0 Å². The van der Waals surface area contributed by atoms with Gasteiger partial charge in [-0.1, -0.05) is 18.2 Å². The zero-order valence-electron chi connectivity index (χ0n) is 10.1. The lowest BCUT2D eigenvalue weighted by Gasteiger charge is -2.04. The molecule has 2 rings (SSSR count). The second-order valence-corrected chi connectivity index (χ2v) is 5.69. The number of hydrogen-bond donors (Lipinski definition) is 3. The van der Waals surface area contributed by atoms with E-state index in [4.69, 9.17) is 15.9 Å². The van der Waals surface area contributed by atoms with Gasteiger partial charge in [-0.2, -0.15) is 0 Å². The second-order valence-electron chi connectivity index (χ2n) is 4.59. The van der Waals surface area contributed by atoms with Crippen LogP contribution in [0.3, 0.4) is 0 Å². The Labute approximate surface area is 114 Å². The summed E-state index contributed by atoms with van der Waals surface area (Å²) in [4.78, 5) is 22.9. The second kappa shape index (κ2) is 5.63. The predicted octanol–water partition coefficient (Wildman–Crippen LogP) is 1.14. The van der Waals surface area contributed by atoms with E-state index in [-0.39, 0.29) is 5.92 Å². The van der Waals surface area contributed by atoms with Crippen LogP contribution in [0.5, 0.6) is 0 Å².